The second-order valence-corrected chi connectivity index (χ2v) is 11.2. The summed E-state index contributed by atoms with van der Waals surface area (Å²) in [5.41, 5.74) is -3.53. The van der Waals surface area contributed by atoms with Crippen molar-refractivity contribution in [2.24, 2.45) is 0 Å². The molecule has 1 unspecified atom stereocenters. The lowest BCUT2D eigenvalue weighted by molar-refractivity contribution is -0.143. The molecule has 1 saturated heterocycles. The van der Waals surface area contributed by atoms with Gasteiger partial charge in [-0.2, -0.15) is 30.6 Å². The zero-order valence-corrected chi connectivity index (χ0v) is 21.8. The predicted octanol–water partition coefficient (Wildman–Crippen LogP) is 4.13. The largest absolute Gasteiger partial charge is 0.416 e. The molecule has 0 saturated carbocycles. The molecule has 2 aromatic carbocycles. The van der Waals surface area contributed by atoms with Crippen molar-refractivity contribution in [2.75, 3.05) is 31.3 Å². The van der Waals surface area contributed by atoms with Crippen LogP contribution in [0.3, 0.4) is 0 Å². The molecular weight excluding hydrogens is 576 g/mol. The SMILES string of the molecule is O=C(NCc1ccccc1)C1CN(C(=O)c2cc(C(F)(F)F)cc(C(F)(F)F)c2)CCN1S(=O)(=O)CCCCl. The molecule has 0 spiro atoms. The van der Waals surface area contributed by atoms with Gasteiger partial charge in [-0.05, 0) is 30.2 Å². The summed E-state index contributed by atoms with van der Waals surface area (Å²) in [6.45, 7) is -1.33. The van der Waals surface area contributed by atoms with Gasteiger partial charge in [0.1, 0.15) is 6.04 Å². The maximum atomic E-state index is 13.3. The highest BCUT2D eigenvalue weighted by Crippen LogP contribution is 2.36. The summed E-state index contributed by atoms with van der Waals surface area (Å²) >= 11 is 5.61. The van der Waals surface area contributed by atoms with Gasteiger partial charge in [0, 0.05) is 37.6 Å². The molecule has 15 heteroatoms. The lowest BCUT2D eigenvalue weighted by atomic mass is 10.0. The first kappa shape index (κ1) is 30.7. The molecule has 0 bridgehead atoms. The summed E-state index contributed by atoms with van der Waals surface area (Å²) in [6.07, 6.45) is -10.2. The second-order valence-electron chi connectivity index (χ2n) is 8.73. The van der Waals surface area contributed by atoms with Crippen LogP contribution in [0, 0.1) is 0 Å². The number of benzene rings is 2. The summed E-state index contributed by atoms with van der Waals surface area (Å²) < 4.78 is 106. The van der Waals surface area contributed by atoms with Gasteiger partial charge >= 0.3 is 12.4 Å². The van der Waals surface area contributed by atoms with Crippen LogP contribution in [0.25, 0.3) is 0 Å². The van der Waals surface area contributed by atoms with E-state index in [1.807, 2.05) is 0 Å². The Balaban J connectivity index is 1.91. The van der Waals surface area contributed by atoms with Crippen molar-refractivity contribution in [1.29, 1.82) is 0 Å². The highest BCUT2D eigenvalue weighted by Gasteiger charge is 2.42. The molecule has 2 aromatic rings. The quantitative estimate of drug-likeness (QED) is 0.365. The van der Waals surface area contributed by atoms with Gasteiger partial charge in [0.25, 0.3) is 5.91 Å². The summed E-state index contributed by atoms with van der Waals surface area (Å²) in [6, 6.07) is 7.62. The Morgan fingerprint density at radius 1 is 0.949 bits per heavy atom. The van der Waals surface area contributed by atoms with Gasteiger partial charge in [0.05, 0.1) is 16.9 Å². The summed E-state index contributed by atoms with van der Waals surface area (Å²) in [5.74, 6) is -2.36. The van der Waals surface area contributed by atoms with Gasteiger partial charge in [0.15, 0.2) is 0 Å². The highest BCUT2D eigenvalue weighted by atomic mass is 35.5. The number of amides is 2. The molecule has 7 nitrogen and oxygen atoms in total. The van der Waals surface area contributed by atoms with Crippen LogP contribution in [0.1, 0.15) is 33.5 Å². The van der Waals surface area contributed by atoms with E-state index in [1.54, 1.807) is 30.3 Å². The normalized spacial score (nSPS) is 17.2. The van der Waals surface area contributed by atoms with Crippen molar-refractivity contribution in [3.63, 3.8) is 0 Å². The minimum absolute atomic E-state index is 0.0161. The van der Waals surface area contributed by atoms with Crippen LogP contribution in [-0.4, -0.2) is 66.7 Å². The number of hydrogen-bond donors (Lipinski definition) is 1. The average Bonchev–Trinajstić information content (AvgIpc) is 2.89. The Labute approximate surface area is 225 Å². The van der Waals surface area contributed by atoms with Crippen LogP contribution >= 0.6 is 11.6 Å². The first-order chi connectivity index (χ1) is 18.1. The van der Waals surface area contributed by atoms with E-state index < -0.39 is 75.8 Å². The number of carbonyl (C=O) groups excluding carboxylic acids is 2. The number of carbonyl (C=O) groups is 2. The first-order valence-corrected chi connectivity index (χ1v) is 13.7. The molecule has 0 aromatic heterocycles. The van der Waals surface area contributed by atoms with Crippen molar-refractivity contribution in [3.05, 3.63) is 70.8 Å². The average molecular weight is 600 g/mol. The van der Waals surface area contributed by atoms with Crippen LogP contribution in [0.5, 0.6) is 0 Å². The number of nitrogens with zero attached hydrogens (tertiary/aromatic N) is 2. The molecule has 3 rings (SSSR count). The summed E-state index contributed by atoms with van der Waals surface area (Å²) in [4.78, 5) is 27.1. The third kappa shape index (κ3) is 7.85. The highest BCUT2D eigenvalue weighted by molar-refractivity contribution is 7.89. The van der Waals surface area contributed by atoms with E-state index in [2.05, 4.69) is 5.32 Å². The summed E-state index contributed by atoms with van der Waals surface area (Å²) in [7, 11) is -4.04. The Morgan fingerprint density at radius 3 is 2.08 bits per heavy atom. The number of sulfonamides is 1. The van der Waals surface area contributed by atoms with Crippen LogP contribution in [0.4, 0.5) is 26.3 Å². The van der Waals surface area contributed by atoms with Gasteiger partial charge in [-0.15, -0.1) is 11.6 Å². The first-order valence-electron chi connectivity index (χ1n) is 11.6. The molecule has 1 fully saturated rings. The van der Waals surface area contributed by atoms with E-state index in [-0.39, 0.29) is 31.5 Å². The zero-order valence-electron chi connectivity index (χ0n) is 20.2. The van der Waals surface area contributed by atoms with Crippen molar-refractivity contribution >= 4 is 33.4 Å². The molecular formula is C24H24ClF6N3O4S. The third-order valence-electron chi connectivity index (χ3n) is 5.96. The van der Waals surface area contributed by atoms with Crippen LogP contribution in [0.15, 0.2) is 48.5 Å². The predicted molar refractivity (Wildman–Crippen MR) is 130 cm³/mol. The molecule has 214 valence electrons. The Kier molecular flexibility index (Phi) is 9.55. The molecule has 1 atom stereocenters. The Bertz CT molecular complexity index is 1260. The van der Waals surface area contributed by atoms with Gasteiger partial charge in [0.2, 0.25) is 15.9 Å². The second kappa shape index (κ2) is 12.1. The zero-order chi connectivity index (χ0) is 29.0. The minimum Gasteiger partial charge on any atom is -0.351 e. The monoisotopic (exact) mass is 599 g/mol. The topological polar surface area (TPSA) is 86.8 Å². The molecule has 1 heterocycles. The number of nitrogens with one attached hydrogen (secondary N) is 1. The number of halogens is 7. The lowest BCUT2D eigenvalue weighted by Gasteiger charge is -2.39. The maximum Gasteiger partial charge on any atom is 0.416 e. The molecule has 0 aliphatic carbocycles. The smallest absolute Gasteiger partial charge is 0.351 e. The summed E-state index contributed by atoms with van der Waals surface area (Å²) in [5, 5.41) is 2.58. The van der Waals surface area contributed by atoms with E-state index in [4.69, 9.17) is 11.6 Å². The van der Waals surface area contributed by atoms with Crippen molar-refractivity contribution in [3.8, 4) is 0 Å². The molecule has 39 heavy (non-hydrogen) atoms. The lowest BCUT2D eigenvalue weighted by Crippen LogP contribution is -2.61. The number of rotatable bonds is 8. The fourth-order valence-electron chi connectivity index (χ4n) is 4.02. The molecule has 1 aliphatic heterocycles. The van der Waals surface area contributed by atoms with Crippen molar-refractivity contribution in [2.45, 2.75) is 31.4 Å². The standard InChI is InChI=1S/C24H24ClF6N3O4S/c25-7-4-10-39(37,38)34-9-8-33(15-20(34)21(35)32-14-16-5-2-1-3-6-16)22(36)17-11-18(23(26,27)28)13-19(12-17)24(29,30)31/h1-3,5-6,11-13,20H,4,7-10,14-15H2,(H,32,35). The van der Waals surface area contributed by atoms with Crippen molar-refractivity contribution < 1.29 is 44.3 Å². The van der Waals surface area contributed by atoms with Gasteiger partial charge < -0.3 is 10.2 Å². The van der Waals surface area contributed by atoms with Crippen LogP contribution < -0.4 is 5.32 Å². The molecule has 0 radical (unpaired) electrons. The number of piperazine rings is 1. The van der Waals surface area contributed by atoms with E-state index in [9.17, 15) is 44.3 Å². The van der Waals surface area contributed by atoms with Gasteiger partial charge in [-0.25, -0.2) is 8.42 Å². The van der Waals surface area contributed by atoms with Crippen molar-refractivity contribution in [1.82, 2.24) is 14.5 Å². The fraction of sp³-hybridized carbons (Fsp3) is 0.417. The van der Waals surface area contributed by atoms with Crippen LogP contribution in [0.2, 0.25) is 0 Å². The van der Waals surface area contributed by atoms with E-state index in [1.165, 1.54) is 0 Å². The Hall–Kier alpha value is -2.84. The minimum atomic E-state index is -5.16. The fourth-order valence-corrected chi connectivity index (χ4v) is 5.96. The molecule has 1 aliphatic rings. The Morgan fingerprint density at radius 2 is 1.54 bits per heavy atom. The van der Waals surface area contributed by atoms with Gasteiger partial charge in [-0.1, -0.05) is 30.3 Å². The van der Waals surface area contributed by atoms with E-state index in [0.717, 1.165) is 9.21 Å². The van der Waals surface area contributed by atoms with E-state index >= 15 is 0 Å². The van der Waals surface area contributed by atoms with Crippen LogP contribution in [-0.2, 0) is 33.7 Å². The number of hydrogen-bond acceptors (Lipinski definition) is 4. The van der Waals surface area contributed by atoms with Gasteiger partial charge in [-0.3, -0.25) is 9.59 Å². The maximum absolute atomic E-state index is 13.3. The molecule has 1 N–H and O–H groups in total. The third-order valence-corrected chi connectivity index (χ3v) is 8.18. The van der Waals surface area contributed by atoms with E-state index in [0.29, 0.717) is 17.7 Å². The number of alkyl halides is 7. The molecule has 2 amide bonds.